The van der Waals surface area contributed by atoms with E-state index < -0.39 is 5.97 Å². The average molecular weight is 525 g/mol. The summed E-state index contributed by atoms with van der Waals surface area (Å²) >= 11 is 0. The maximum Gasteiger partial charge on any atom is 0.306 e. The molecule has 0 spiro atoms. The minimum Gasteiger partial charge on any atom is -0.481 e. The molecule has 0 aliphatic carbocycles. The number of carbonyl (C=O) groups excluding carboxylic acids is 1. The van der Waals surface area contributed by atoms with Crippen LogP contribution in [0.2, 0.25) is 0 Å². The highest BCUT2D eigenvalue weighted by Gasteiger charge is 2.13. The molecule has 37 heavy (non-hydrogen) atoms. The lowest BCUT2D eigenvalue weighted by atomic mass is 10.0. The van der Waals surface area contributed by atoms with Crippen molar-refractivity contribution >= 4 is 11.9 Å². The lowest BCUT2D eigenvalue weighted by Crippen LogP contribution is -2.18. The van der Waals surface area contributed by atoms with Crippen molar-refractivity contribution in [2.45, 2.75) is 200 Å². The van der Waals surface area contributed by atoms with Gasteiger partial charge in [-0.15, -0.1) is 0 Å². The zero-order valence-electron chi connectivity index (χ0n) is 25.0. The number of unbranched alkanes of at least 4 members (excludes halogenated alkanes) is 21. The van der Waals surface area contributed by atoms with Crippen LogP contribution in [0, 0.1) is 0 Å². The second-order valence-corrected chi connectivity index (χ2v) is 11.4. The minimum absolute atomic E-state index is 0.0142. The van der Waals surface area contributed by atoms with E-state index in [0.717, 1.165) is 57.8 Å². The van der Waals surface area contributed by atoms with Crippen molar-refractivity contribution in [2.24, 2.45) is 0 Å². The number of carboxylic acids is 1. The number of hydrogen-bond acceptors (Lipinski definition) is 3. The second-order valence-electron chi connectivity index (χ2n) is 11.4. The number of hydrogen-bond donors (Lipinski definition) is 1. The molecule has 0 aromatic heterocycles. The van der Waals surface area contributed by atoms with Gasteiger partial charge in [-0.1, -0.05) is 149 Å². The van der Waals surface area contributed by atoms with E-state index in [0.29, 0.717) is 12.8 Å². The van der Waals surface area contributed by atoms with Gasteiger partial charge in [0, 0.05) is 12.8 Å². The molecule has 1 N–H and O–H groups in total. The van der Waals surface area contributed by atoms with Crippen LogP contribution in [0.4, 0.5) is 0 Å². The molecule has 0 bridgehead atoms. The highest BCUT2D eigenvalue weighted by atomic mass is 16.5. The SMILES string of the molecule is CCCCCCCCCCCCCCCCC(=O)OC(CCC)CCCCCCCCCCCC(=O)O. The van der Waals surface area contributed by atoms with E-state index in [1.807, 2.05) is 0 Å². The minimum atomic E-state index is -0.679. The average Bonchev–Trinajstić information content (AvgIpc) is 2.87. The predicted molar refractivity (Wildman–Crippen MR) is 158 cm³/mol. The Morgan fingerprint density at radius 2 is 0.865 bits per heavy atom. The Bertz CT molecular complexity index is 491. The third-order valence-electron chi connectivity index (χ3n) is 7.56. The van der Waals surface area contributed by atoms with Gasteiger partial charge in [0.15, 0.2) is 0 Å². The number of aliphatic carboxylic acids is 1. The molecule has 0 amide bonds. The number of esters is 1. The first-order chi connectivity index (χ1) is 18.1. The third kappa shape index (κ3) is 29.4. The fraction of sp³-hybridized carbons (Fsp3) is 0.939. The summed E-state index contributed by atoms with van der Waals surface area (Å²) < 4.78 is 5.82. The van der Waals surface area contributed by atoms with Crippen LogP contribution in [0.5, 0.6) is 0 Å². The van der Waals surface area contributed by atoms with Gasteiger partial charge in [0.25, 0.3) is 0 Å². The first-order valence-corrected chi connectivity index (χ1v) is 16.5. The molecular weight excluding hydrogens is 460 g/mol. The van der Waals surface area contributed by atoms with Crippen LogP contribution in [-0.2, 0) is 14.3 Å². The molecule has 4 heteroatoms. The summed E-state index contributed by atoms with van der Waals surface area (Å²) in [5, 5.41) is 8.65. The normalized spacial score (nSPS) is 12.1. The van der Waals surface area contributed by atoms with E-state index in [1.54, 1.807) is 0 Å². The van der Waals surface area contributed by atoms with E-state index >= 15 is 0 Å². The lowest BCUT2D eigenvalue weighted by Gasteiger charge is -2.17. The Kier molecular flexibility index (Phi) is 28.7. The van der Waals surface area contributed by atoms with Crippen molar-refractivity contribution in [3.63, 3.8) is 0 Å². The molecule has 0 aliphatic rings. The van der Waals surface area contributed by atoms with Gasteiger partial charge >= 0.3 is 11.9 Å². The molecule has 1 atom stereocenters. The van der Waals surface area contributed by atoms with Crippen LogP contribution < -0.4 is 0 Å². The third-order valence-corrected chi connectivity index (χ3v) is 7.56. The van der Waals surface area contributed by atoms with Gasteiger partial charge in [-0.25, -0.2) is 0 Å². The maximum atomic E-state index is 12.3. The van der Waals surface area contributed by atoms with Crippen molar-refractivity contribution in [1.29, 1.82) is 0 Å². The van der Waals surface area contributed by atoms with Gasteiger partial charge in [0.05, 0.1) is 0 Å². The quantitative estimate of drug-likeness (QED) is 0.0749. The molecule has 0 saturated carbocycles. The zero-order valence-corrected chi connectivity index (χ0v) is 25.0. The molecule has 220 valence electrons. The molecule has 0 heterocycles. The van der Waals surface area contributed by atoms with Crippen LogP contribution in [-0.4, -0.2) is 23.1 Å². The van der Waals surface area contributed by atoms with Crippen LogP contribution in [0.1, 0.15) is 194 Å². The molecule has 4 nitrogen and oxygen atoms in total. The molecule has 0 aliphatic heterocycles. The molecule has 0 radical (unpaired) electrons. The Balaban J connectivity index is 3.54. The van der Waals surface area contributed by atoms with E-state index in [1.165, 1.54) is 109 Å². The Hall–Kier alpha value is -1.06. The standard InChI is InChI=1S/C33H64O4/c1-3-5-6-7-8-9-10-11-12-13-17-20-23-26-30-33(36)37-31(27-4-2)28-24-21-18-15-14-16-19-22-25-29-32(34)35/h31H,3-30H2,1-2H3,(H,34,35). The van der Waals surface area contributed by atoms with Gasteiger partial charge in [-0.2, -0.15) is 0 Å². The van der Waals surface area contributed by atoms with Crippen LogP contribution >= 0.6 is 0 Å². The predicted octanol–water partition coefficient (Wildman–Crippen LogP) is 10.9. The van der Waals surface area contributed by atoms with Crippen LogP contribution in [0.15, 0.2) is 0 Å². The van der Waals surface area contributed by atoms with Gasteiger partial charge in [0.1, 0.15) is 6.10 Å². The Morgan fingerprint density at radius 3 is 1.27 bits per heavy atom. The Labute approximate surface area is 231 Å². The first kappa shape index (κ1) is 35.9. The summed E-state index contributed by atoms with van der Waals surface area (Å²) in [7, 11) is 0. The Morgan fingerprint density at radius 1 is 0.486 bits per heavy atom. The van der Waals surface area contributed by atoms with Crippen LogP contribution in [0.25, 0.3) is 0 Å². The van der Waals surface area contributed by atoms with E-state index in [-0.39, 0.29) is 12.1 Å². The molecular formula is C33H64O4. The van der Waals surface area contributed by atoms with Crippen molar-refractivity contribution in [1.82, 2.24) is 0 Å². The number of carboxylic acid groups (broad SMARTS) is 1. The fourth-order valence-corrected chi connectivity index (χ4v) is 5.18. The highest BCUT2D eigenvalue weighted by Crippen LogP contribution is 2.17. The smallest absolute Gasteiger partial charge is 0.306 e. The summed E-state index contributed by atoms with van der Waals surface area (Å²) in [6.07, 6.45) is 33.1. The van der Waals surface area contributed by atoms with Crippen molar-refractivity contribution in [2.75, 3.05) is 0 Å². The van der Waals surface area contributed by atoms with Gasteiger partial charge < -0.3 is 9.84 Å². The molecule has 0 fully saturated rings. The summed E-state index contributed by atoms with van der Waals surface area (Å²) in [4.78, 5) is 22.8. The van der Waals surface area contributed by atoms with Crippen molar-refractivity contribution in [3.05, 3.63) is 0 Å². The summed E-state index contributed by atoms with van der Waals surface area (Å²) in [5.74, 6) is -0.665. The largest absolute Gasteiger partial charge is 0.481 e. The molecule has 0 saturated heterocycles. The number of rotatable bonds is 30. The highest BCUT2D eigenvalue weighted by molar-refractivity contribution is 5.69. The van der Waals surface area contributed by atoms with Gasteiger partial charge in [-0.05, 0) is 32.1 Å². The molecule has 0 rings (SSSR count). The lowest BCUT2D eigenvalue weighted by molar-refractivity contribution is -0.150. The topological polar surface area (TPSA) is 63.6 Å². The van der Waals surface area contributed by atoms with Crippen molar-refractivity contribution < 1.29 is 19.4 Å². The van der Waals surface area contributed by atoms with Gasteiger partial charge in [-0.3, -0.25) is 9.59 Å². The van der Waals surface area contributed by atoms with E-state index in [9.17, 15) is 9.59 Å². The van der Waals surface area contributed by atoms with Gasteiger partial charge in [0.2, 0.25) is 0 Å². The summed E-state index contributed by atoms with van der Waals surface area (Å²) in [5.41, 5.74) is 0. The monoisotopic (exact) mass is 524 g/mol. The maximum absolute atomic E-state index is 12.3. The van der Waals surface area contributed by atoms with E-state index in [2.05, 4.69) is 13.8 Å². The second kappa shape index (κ2) is 29.5. The van der Waals surface area contributed by atoms with Crippen LogP contribution in [0.3, 0.4) is 0 Å². The fourth-order valence-electron chi connectivity index (χ4n) is 5.18. The number of ether oxygens (including phenoxy) is 1. The van der Waals surface area contributed by atoms with Crippen molar-refractivity contribution in [3.8, 4) is 0 Å². The molecule has 0 aromatic carbocycles. The zero-order chi connectivity index (χ0) is 27.2. The molecule has 1 unspecified atom stereocenters. The molecule has 0 aromatic rings. The van der Waals surface area contributed by atoms with E-state index in [4.69, 9.17) is 9.84 Å². The number of carbonyl (C=O) groups is 2. The first-order valence-electron chi connectivity index (χ1n) is 16.5. The summed E-state index contributed by atoms with van der Waals surface area (Å²) in [6.45, 7) is 4.45. The summed E-state index contributed by atoms with van der Waals surface area (Å²) in [6, 6.07) is 0.